The normalized spacial score (nSPS) is 17.8. The number of fused-ring (bicyclic) bond motifs is 3. The van der Waals surface area contributed by atoms with E-state index >= 15 is 4.39 Å². The molecule has 5 aromatic rings. The van der Waals surface area contributed by atoms with Crippen molar-refractivity contribution in [3.05, 3.63) is 76.6 Å². The summed E-state index contributed by atoms with van der Waals surface area (Å²) in [6.45, 7) is 0.120. The minimum atomic E-state index is -2.14. The first-order chi connectivity index (χ1) is 15.6. The number of hydrogen-bond acceptors (Lipinski definition) is 6. The van der Waals surface area contributed by atoms with Crippen LogP contribution in [0.4, 0.5) is 4.39 Å². The lowest BCUT2D eigenvalue weighted by Crippen LogP contribution is -2.41. The molecule has 0 aliphatic carbocycles. The van der Waals surface area contributed by atoms with E-state index < -0.39 is 11.5 Å². The first kappa shape index (κ1) is 18.3. The number of H-pyrrole nitrogens is 1. The fraction of sp³-hybridized carbons (Fsp3) is 0.136. The third kappa shape index (κ3) is 2.48. The van der Waals surface area contributed by atoms with Crippen LogP contribution in [0.2, 0.25) is 0 Å². The smallest absolute Gasteiger partial charge is 0.330 e. The van der Waals surface area contributed by atoms with Crippen LogP contribution in [0.1, 0.15) is 17.5 Å². The van der Waals surface area contributed by atoms with E-state index in [1.807, 2.05) is 0 Å². The number of imidazole rings is 2. The van der Waals surface area contributed by atoms with Gasteiger partial charge in [0.25, 0.3) is 0 Å². The Balaban J connectivity index is 1.59. The van der Waals surface area contributed by atoms with Crippen molar-refractivity contribution in [1.29, 1.82) is 5.26 Å². The standard InChI is InChI=1S/C22H14FN7O2/c23-22(7-8-32-17-4-2-1-3-14(17)22)30-20-15(27-21(30)31)10-26-19(28-20)16-11-25-18-6-5-13(9-24)12-29(16)18/h1-6,10-12H,7-8H2,(H,27,31). The van der Waals surface area contributed by atoms with Gasteiger partial charge in [0.2, 0.25) is 5.79 Å². The molecule has 5 heterocycles. The molecule has 1 aliphatic rings. The maximum absolute atomic E-state index is 16.5. The Kier molecular flexibility index (Phi) is 3.70. The molecule has 10 heteroatoms. The lowest BCUT2D eigenvalue weighted by Gasteiger charge is -2.32. The Morgan fingerprint density at radius 2 is 2.06 bits per heavy atom. The highest BCUT2D eigenvalue weighted by Gasteiger charge is 2.42. The second-order valence-corrected chi connectivity index (χ2v) is 7.45. The highest BCUT2D eigenvalue weighted by molar-refractivity contribution is 5.73. The number of benzene rings is 1. The van der Waals surface area contributed by atoms with E-state index in [1.54, 1.807) is 53.2 Å². The van der Waals surface area contributed by atoms with Gasteiger partial charge in [0, 0.05) is 12.6 Å². The Labute approximate surface area is 179 Å². The summed E-state index contributed by atoms with van der Waals surface area (Å²) in [5, 5.41) is 9.22. The van der Waals surface area contributed by atoms with E-state index in [1.165, 1.54) is 6.20 Å². The summed E-state index contributed by atoms with van der Waals surface area (Å²) in [5.41, 5.74) is 1.64. The van der Waals surface area contributed by atoms with E-state index in [-0.39, 0.29) is 30.1 Å². The predicted octanol–water partition coefficient (Wildman–Crippen LogP) is 2.76. The first-order valence-corrected chi connectivity index (χ1v) is 9.85. The van der Waals surface area contributed by atoms with Gasteiger partial charge in [-0.15, -0.1) is 0 Å². The van der Waals surface area contributed by atoms with Crippen LogP contribution in [-0.4, -0.2) is 35.5 Å². The van der Waals surface area contributed by atoms with Crippen molar-refractivity contribution in [3.8, 4) is 23.3 Å². The molecule has 32 heavy (non-hydrogen) atoms. The van der Waals surface area contributed by atoms with E-state index in [2.05, 4.69) is 26.0 Å². The topological polar surface area (TPSA) is 114 Å². The molecule has 1 unspecified atom stereocenters. The zero-order chi connectivity index (χ0) is 21.9. The summed E-state index contributed by atoms with van der Waals surface area (Å²) in [5.74, 6) is -1.50. The fourth-order valence-corrected chi connectivity index (χ4v) is 4.14. The van der Waals surface area contributed by atoms with Crippen LogP contribution in [0.3, 0.4) is 0 Å². The van der Waals surface area contributed by atoms with Crippen LogP contribution in [0.25, 0.3) is 28.3 Å². The molecule has 0 saturated carbocycles. The van der Waals surface area contributed by atoms with Crippen LogP contribution >= 0.6 is 0 Å². The van der Waals surface area contributed by atoms with Crippen molar-refractivity contribution in [3.63, 3.8) is 0 Å². The number of rotatable bonds is 2. The van der Waals surface area contributed by atoms with E-state index in [9.17, 15) is 10.1 Å². The zero-order valence-electron chi connectivity index (χ0n) is 16.5. The number of nitrogens with one attached hydrogen (secondary N) is 1. The van der Waals surface area contributed by atoms with Gasteiger partial charge in [0.05, 0.1) is 30.1 Å². The molecule has 1 atom stereocenters. The molecule has 9 nitrogen and oxygen atoms in total. The van der Waals surface area contributed by atoms with Crippen molar-refractivity contribution >= 4 is 16.8 Å². The van der Waals surface area contributed by atoms with Gasteiger partial charge in [-0.2, -0.15) is 5.26 Å². The number of halogens is 1. The van der Waals surface area contributed by atoms with Crippen molar-refractivity contribution in [2.75, 3.05) is 6.61 Å². The van der Waals surface area contributed by atoms with Crippen LogP contribution in [0.15, 0.2) is 59.8 Å². The average Bonchev–Trinajstić information content (AvgIpc) is 3.38. The van der Waals surface area contributed by atoms with Gasteiger partial charge in [0.15, 0.2) is 11.5 Å². The van der Waals surface area contributed by atoms with Crippen LogP contribution in [-0.2, 0) is 5.79 Å². The lowest BCUT2D eigenvalue weighted by atomic mass is 9.97. The van der Waals surface area contributed by atoms with E-state index in [4.69, 9.17) is 4.74 Å². The van der Waals surface area contributed by atoms with Gasteiger partial charge in [-0.1, -0.05) is 18.2 Å². The summed E-state index contributed by atoms with van der Waals surface area (Å²) >= 11 is 0. The van der Waals surface area contributed by atoms with Crippen molar-refractivity contribution in [1.82, 2.24) is 28.9 Å². The van der Waals surface area contributed by atoms with E-state index in [0.29, 0.717) is 28.2 Å². The summed E-state index contributed by atoms with van der Waals surface area (Å²) in [7, 11) is 0. The molecular weight excluding hydrogens is 413 g/mol. The molecule has 1 aromatic carbocycles. The Hall–Kier alpha value is -4.52. The number of aromatic amines is 1. The summed E-state index contributed by atoms with van der Waals surface area (Å²) in [6.07, 6.45) is 4.59. The molecule has 0 radical (unpaired) electrons. The predicted molar refractivity (Wildman–Crippen MR) is 112 cm³/mol. The van der Waals surface area contributed by atoms with Gasteiger partial charge in [0.1, 0.15) is 28.7 Å². The molecule has 0 fully saturated rings. The van der Waals surface area contributed by atoms with Crippen molar-refractivity contribution < 1.29 is 9.13 Å². The molecule has 0 bridgehead atoms. The maximum Gasteiger partial charge on any atom is 0.330 e. The number of para-hydroxylation sites is 1. The molecule has 0 saturated heterocycles. The molecule has 1 N–H and O–H groups in total. The molecule has 1 aliphatic heterocycles. The van der Waals surface area contributed by atoms with Crippen molar-refractivity contribution in [2.24, 2.45) is 0 Å². The molecule has 6 rings (SSSR count). The number of hydrogen-bond donors (Lipinski definition) is 1. The average molecular weight is 427 g/mol. The van der Waals surface area contributed by atoms with Gasteiger partial charge >= 0.3 is 5.69 Å². The van der Waals surface area contributed by atoms with Gasteiger partial charge in [-0.05, 0) is 18.2 Å². The molecule has 156 valence electrons. The monoisotopic (exact) mass is 427 g/mol. The molecule has 0 spiro atoms. The van der Waals surface area contributed by atoms with Gasteiger partial charge in [-0.25, -0.2) is 28.7 Å². The van der Waals surface area contributed by atoms with Crippen LogP contribution < -0.4 is 10.4 Å². The summed E-state index contributed by atoms with van der Waals surface area (Å²) in [4.78, 5) is 28.7. The largest absolute Gasteiger partial charge is 0.493 e. The number of nitrogens with zero attached hydrogens (tertiary/aromatic N) is 6. The second kappa shape index (κ2) is 6.49. The highest BCUT2D eigenvalue weighted by Crippen LogP contribution is 2.41. The third-order valence-electron chi connectivity index (χ3n) is 5.63. The minimum absolute atomic E-state index is 0.0443. The van der Waals surface area contributed by atoms with E-state index in [0.717, 1.165) is 4.57 Å². The van der Waals surface area contributed by atoms with Crippen LogP contribution in [0, 0.1) is 11.3 Å². The summed E-state index contributed by atoms with van der Waals surface area (Å²) in [6, 6.07) is 12.2. The number of ether oxygens (including phenoxy) is 1. The Morgan fingerprint density at radius 1 is 1.19 bits per heavy atom. The maximum atomic E-state index is 16.5. The lowest BCUT2D eigenvalue weighted by molar-refractivity contribution is 0.0615. The van der Waals surface area contributed by atoms with Gasteiger partial charge in [-0.3, -0.25) is 4.40 Å². The Morgan fingerprint density at radius 3 is 2.94 bits per heavy atom. The SMILES string of the molecule is N#Cc1ccc2ncc(-c3ncc4[nH]c(=O)n(C5(F)CCOc6ccccc65)c4n3)n2c1. The third-order valence-corrected chi connectivity index (χ3v) is 5.63. The number of nitriles is 1. The molecular formula is C22H14FN7O2. The van der Waals surface area contributed by atoms with Gasteiger partial charge < -0.3 is 9.72 Å². The summed E-state index contributed by atoms with van der Waals surface area (Å²) < 4.78 is 24.8. The molecule has 4 aromatic heterocycles. The quantitative estimate of drug-likeness (QED) is 0.463. The highest BCUT2D eigenvalue weighted by atomic mass is 19.1. The fourth-order valence-electron chi connectivity index (χ4n) is 4.14. The number of alkyl halides is 1. The second-order valence-electron chi connectivity index (χ2n) is 7.45. The van der Waals surface area contributed by atoms with Crippen molar-refractivity contribution in [2.45, 2.75) is 12.2 Å². The Bertz CT molecular complexity index is 1630. The first-order valence-electron chi connectivity index (χ1n) is 9.85. The zero-order valence-corrected chi connectivity index (χ0v) is 16.5. The van der Waals surface area contributed by atoms with Crippen LogP contribution in [0.5, 0.6) is 5.75 Å². The number of pyridine rings is 1. The minimum Gasteiger partial charge on any atom is -0.493 e. The number of aromatic nitrogens is 6. The molecule has 0 amide bonds.